The van der Waals surface area contributed by atoms with Gasteiger partial charge in [0, 0.05) is 30.5 Å². The van der Waals surface area contributed by atoms with Crippen LogP contribution in [0, 0.1) is 0 Å². The fourth-order valence-electron chi connectivity index (χ4n) is 2.89. The van der Waals surface area contributed by atoms with E-state index in [1.807, 2.05) is 38.1 Å². The number of nitrogens with one attached hydrogen (secondary N) is 1. The highest BCUT2D eigenvalue weighted by Gasteiger charge is 2.17. The van der Waals surface area contributed by atoms with Crippen molar-refractivity contribution in [2.75, 3.05) is 7.11 Å². The zero-order valence-electron chi connectivity index (χ0n) is 16.3. The van der Waals surface area contributed by atoms with E-state index in [-0.39, 0.29) is 28.8 Å². The van der Waals surface area contributed by atoms with Crippen molar-refractivity contribution < 1.29 is 9.53 Å². The van der Waals surface area contributed by atoms with Gasteiger partial charge < -0.3 is 10.1 Å². The smallest absolute Gasteiger partial charge is 0.295 e. The van der Waals surface area contributed by atoms with Crippen molar-refractivity contribution in [3.05, 3.63) is 65.4 Å². The third kappa shape index (κ3) is 3.69. The zero-order valence-corrected chi connectivity index (χ0v) is 16.3. The Bertz CT molecular complexity index is 1060. The first kappa shape index (κ1) is 19.4. The maximum atomic E-state index is 13.0. The summed E-state index contributed by atoms with van der Waals surface area (Å²) in [6, 6.07) is 7.46. The molecule has 1 atom stereocenters. The number of carbonyl (C=O) groups excluding carboxylic acids is 1. The largest absolute Gasteiger partial charge is 0.497 e. The normalized spacial score (nSPS) is 12.0. The van der Waals surface area contributed by atoms with Gasteiger partial charge in [-0.1, -0.05) is 13.0 Å². The molecule has 0 unspecified atom stereocenters. The molecule has 3 aromatic rings. The third-order valence-electron chi connectivity index (χ3n) is 4.64. The van der Waals surface area contributed by atoms with E-state index in [4.69, 9.17) is 4.74 Å². The number of carbonyl (C=O) groups is 1. The van der Waals surface area contributed by atoms with E-state index in [2.05, 4.69) is 16.9 Å². The molecule has 1 aromatic carbocycles. The number of aromatic nitrogens is 3. The maximum Gasteiger partial charge on any atom is 0.295 e. The van der Waals surface area contributed by atoms with Crippen molar-refractivity contribution in [1.82, 2.24) is 19.3 Å². The van der Waals surface area contributed by atoms with Gasteiger partial charge in [0.15, 0.2) is 0 Å². The lowest BCUT2D eigenvalue weighted by Gasteiger charge is -2.12. The van der Waals surface area contributed by atoms with Crippen molar-refractivity contribution in [2.24, 2.45) is 0 Å². The van der Waals surface area contributed by atoms with E-state index < -0.39 is 0 Å². The molecule has 3 rings (SSSR count). The summed E-state index contributed by atoms with van der Waals surface area (Å²) >= 11 is 0. The fraction of sp³-hybridized carbons (Fsp3) is 0.286. The summed E-state index contributed by atoms with van der Waals surface area (Å²) in [6.07, 6.45) is 5.85. The van der Waals surface area contributed by atoms with Gasteiger partial charge in [0.1, 0.15) is 11.4 Å². The Kier molecular flexibility index (Phi) is 5.63. The molecule has 146 valence electrons. The van der Waals surface area contributed by atoms with Crippen LogP contribution in [-0.2, 0) is 6.54 Å². The molecule has 0 radical (unpaired) electrons. The van der Waals surface area contributed by atoms with Crippen LogP contribution >= 0.6 is 0 Å². The topological polar surface area (TPSA) is 77.6 Å². The molecule has 0 spiro atoms. The standard InChI is InChI=1S/C21H24N4O3/c1-5-11-25-18(15-7-9-16(28-4)10-8-15)13-24-12-17(23-19(24)21(25)27)20(26)22-14(3)6-2/h5,7-10,12-14H,1,6,11H2,2-4H3,(H,22,26)/t14-/m1/s1. The second-order valence-electron chi connectivity index (χ2n) is 6.59. The number of hydrogen-bond acceptors (Lipinski definition) is 4. The predicted octanol–water partition coefficient (Wildman–Crippen LogP) is 2.89. The van der Waals surface area contributed by atoms with Gasteiger partial charge in [-0.05, 0) is 37.6 Å². The first-order valence-corrected chi connectivity index (χ1v) is 9.17. The molecule has 0 aliphatic heterocycles. The van der Waals surface area contributed by atoms with E-state index >= 15 is 0 Å². The molecule has 7 heteroatoms. The van der Waals surface area contributed by atoms with Crippen LogP contribution in [-0.4, -0.2) is 33.0 Å². The van der Waals surface area contributed by atoms with Crippen molar-refractivity contribution in [3.8, 4) is 17.0 Å². The molecule has 2 aromatic heterocycles. The average Bonchev–Trinajstić information content (AvgIpc) is 3.15. The second kappa shape index (κ2) is 8.12. The molecule has 0 fully saturated rings. The van der Waals surface area contributed by atoms with Gasteiger partial charge in [0.25, 0.3) is 11.5 Å². The molecule has 1 N–H and O–H groups in total. The number of rotatable bonds is 7. The molecule has 0 saturated heterocycles. The molecule has 2 heterocycles. The Morgan fingerprint density at radius 1 is 1.32 bits per heavy atom. The van der Waals surface area contributed by atoms with Gasteiger partial charge in [0.05, 0.1) is 12.8 Å². The number of allylic oxidation sites excluding steroid dienone is 1. The number of hydrogen-bond donors (Lipinski definition) is 1. The predicted molar refractivity (Wildman–Crippen MR) is 109 cm³/mol. The zero-order chi connectivity index (χ0) is 20.3. The lowest BCUT2D eigenvalue weighted by atomic mass is 10.1. The lowest BCUT2D eigenvalue weighted by molar-refractivity contribution is 0.0935. The highest BCUT2D eigenvalue weighted by molar-refractivity contribution is 5.93. The van der Waals surface area contributed by atoms with Crippen LogP contribution in [0.4, 0.5) is 0 Å². The van der Waals surface area contributed by atoms with Crippen LogP contribution in [0.15, 0.2) is 54.1 Å². The van der Waals surface area contributed by atoms with Gasteiger partial charge >= 0.3 is 0 Å². The molecular formula is C21H24N4O3. The SMILES string of the molecule is C=CCn1c(-c2ccc(OC)cc2)cn2cc(C(=O)N[C@H](C)CC)nc2c1=O. The summed E-state index contributed by atoms with van der Waals surface area (Å²) in [7, 11) is 1.60. The fourth-order valence-corrected chi connectivity index (χ4v) is 2.89. The Labute approximate surface area is 163 Å². The Balaban J connectivity index is 2.13. The van der Waals surface area contributed by atoms with Gasteiger partial charge in [0.2, 0.25) is 5.65 Å². The van der Waals surface area contributed by atoms with Gasteiger partial charge in [-0.25, -0.2) is 4.98 Å². The first-order valence-electron chi connectivity index (χ1n) is 9.17. The Morgan fingerprint density at radius 2 is 2.04 bits per heavy atom. The van der Waals surface area contributed by atoms with E-state index in [9.17, 15) is 9.59 Å². The summed E-state index contributed by atoms with van der Waals surface area (Å²) < 4.78 is 8.40. The Morgan fingerprint density at radius 3 is 2.64 bits per heavy atom. The number of methoxy groups -OCH3 is 1. The lowest BCUT2D eigenvalue weighted by Crippen LogP contribution is -2.32. The number of nitrogens with zero attached hydrogens (tertiary/aromatic N) is 3. The molecule has 0 aliphatic rings. The van der Waals surface area contributed by atoms with Gasteiger partial charge in [-0.15, -0.1) is 6.58 Å². The van der Waals surface area contributed by atoms with Gasteiger partial charge in [-0.3, -0.25) is 18.6 Å². The van der Waals surface area contributed by atoms with Crippen LogP contribution in [0.2, 0.25) is 0 Å². The summed E-state index contributed by atoms with van der Waals surface area (Å²) in [5.41, 5.74) is 1.69. The summed E-state index contributed by atoms with van der Waals surface area (Å²) in [6.45, 7) is 7.99. The minimum absolute atomic E-state index is 0.0320. The summed E-state index contributed by atoms with van der Waals surface area (Å²) in [4.78, 5) is 29.7. The van der Waals surface area contributed by atoms with Crippen molar-refractivity contribution in [2.45, 2.75) is 32.9 Å². The van der Waals surface area contributed by atoms with Gasteiger partial charge in [-0.2, -0.15) is 0 Å². The van der Waals surface area contributed by atoms with E-state index in [1.165, 1.54) is 0 Å². The average molecular weight is 380 g/mol. The molecule has 28 heavy (non-hydrogen) atoms. The molecule has 1 amide bonds. The quantitative estimate of drug-likeness (QED) is 0.640. The van der Waals surface area contributed by atoms with Crippen LogP contribution in [0.25, 0.3) is 16.9 Å². The minimum atomic E-state index is -0.293. The summed E-state index contributed by atoms with van der Waals surface area (Å²) in [5, 5.41) is 2.87. The highest BCUT2D eigenvalue weighted by atomic mass is 16.5. The number of ether oxygens (including phenoxy) is 1. The van der Waals surface area contributed by atoms with Crippen molar-refractivity contribution in [1.29, 1.82) is 0 Å². The molecule has 7 nitrogen and oxygen atoms in total. The molecular weight excluding hydrogens is 356 g/mol. The number of imidazole rings is 1. The van der Waals surface area contributed by atoms with Crippen molar-refractivity contribution >= 4 is 11.6 Å². The van der Waals surface area contributed by atoms with E-state index in [0.29, 0.717) is 12.2 Å². The van der Waals surface area contributed by atoms with Crippen molar-refractivity contribution in [3.63, 3.8) is 0 Å². The van der Waals surface area contributed by atoms with Crippen LogP contribution in [0.3, 0.4) is 0 Å². The third-order valence-corrected chi connectivity index (χ3v) is 4.64. The number of fused-ring (bicyclic) bond motifs is 1. The number of amides is 1. The van der Waals surface area contributed by atoms with Crippen LogP contribution in [0.1, 0.15) is 30.8 Å². The second-order valence-corrected chi connectivity index (χ2v) is 6.59. The van der Waals surface area contributed by atoms with E-state index in [1.54, 1.807) is 34.5 Å². The monoisotopic (exact) mass is 380 g/mol. The minimum Gasteiger partial charge on any atom is -0.497 e. The van der Waals surface area contributed by atoms with Crippen LogP contribution < -0.4 is 15.6 Å². The number of benzene rings is 1. The molecule has 0 bridgehead atoms. The van der Waals surface area contributed by atoms with E-state index in [0.717, 1.165) is 17.7 Å². The van der Waals surface area contributed by atoms with Crippen LogP contribution in [0.5, 0.6) is 5.75 Å². The first-order chi connectivity index (χ1) is 13.5. The molecule has 0 saturated carbocycles. The molecule has 0 aliphatic carbocycles. The summed E-state index contributed by atoms with van der Waals surface area (Å²) in [5.74, 6) is 0.438. The Hall–Kier alpha value is -3.35. The highest BCUT2D eigenvalue weighted by Crippen LogP contribution is 2.22. The maximum absolute atomic E-state index is 13.0.